The average Bonchev–Trinajstić information content (AvgIpc) is 2.93. The van der Waals surface area contributed by atoms with Crippen LogP contribution in [0.25, 0.3) is 5.52 Å². The molecule has 0 bridgehead atoms. The maximum Gasteiger partial charge on any atom is 0.471 e. The summed E-state index contributed by atoms with van der Waals surface area (Å²) in [5.41, 5.74) is 1.26. The fraction of sp³-hybridized carbons (Fsp3) is 0.529. The van der Waals surface area contributed by atoms with Crippen LogP contribution in [0, 0.1) is 11.3 Å². The number of piperidine rings is 1. The van der Waals surface area contributed by atoms with E-state index in [4.69, 9.17) is 11.6 Å². The summed E-state index contributed by atoms with van der Waals surface area (Å²) in [6.45, 7) is 2.80. The number of amides is 1. The minimum atomic E-state index is -5.03. The summed E-state index contributed by atoms with van der Waals surface area (Å²) in [7, 11) is 0. The first-order chi connectivity index (χ1) is 13.5. The second-order valence-corrected chi connectivity index (χ2v) is 7.40. The predicted molar refractivity (Wildman–Crippen MR) is 96.4 cm³/mol. The standard InChI is InChI=1S/C17H17ClF4N6O/c1-8(2)14-9(5-23)13(18)12-6-24-16(26-28(12)14)25-11-3-4-27(7-10(11)19)15(29)17(20,21)22/h6,8,10-11H,3-4,7H2,1-2H3,(H,25,26)/t10-,11-/m1/s1. The smallest absolute Gasteiger partial charge is 0.347 e. The number of likely N-dealkylation sites (tertiary alicyclic amines) is 1. The topological polar surface area (TPSA) is 86.3 Å². The Kier molecular flexibility index (Phi) is 5.58. The molecule has 0 aromatic carbocycles. The van der Waals surface area contributed by atoms with E-state index in [0.29, 0.717) is 16.1 Å². The number of nitriles is 1. The maximum atomic E-state index is 14.4. The number of hydrogen-bond donors (Lipinski definition) is 1. The molecule has 3 heterocycles. The first kappa shape index (κ1) is 21.1. The number of alkyl halides is 4. The van der Waals surface area contributed by atoms with E-state index in [1.54, 1.807) is 0 Å². The molecule has 1 aliphatic rings. The monoisotopic (exact) mass is 432 g/mol. The number of carbonyl (C=O) groups excluding carboxylic acids is 1. The molecule has 3 rings (SSSR count). The van der Waals surface area contributed by atoms with Gasteiger partial charge in [-0.05, 0) is 12.3 Å². The Bertz CT molecular complexity index is 983. The summed E-state index contributed by atoms with van der Waals surface area (Å²) in [5.74, 6) is -2.10. The van der Waals surface area contributed by atoms with Gasteiger partial charge in [0.05, 0.1) is 35.1 Å². The number of anilines is 1. The lowest BCUT2D eigenvalue weighted by Gasteiger charge is -2.35. The molecule has 2 aromatic heterocycles. The van der Waals surface area contributed by atoms with E-state index in [1.807, 2.05) is 19.9 Å². The zero-order chi connectivity index (χ0) is 21.5. The van der Waals surface area contributed by atoms with E-state index in [2.05, 4.69) is 15.4 Å². The van der Waals surface area contributed by atoms with Gasteiger partial charge in [0.2, 0.25) is 5.95 Å². The van der Waals surface area contributed by atoms with Crippen molar-refractivity contribution in [2.45, 2.75) is 44.6 Å². The summed E-state index contributed by atoms with van der Waals surface area (Å²) < 4.78 is 53.5. The Morgan fingerprint density at radius 2 is 2.14 bits per heavy atom. The van der Waals surface area contributed by atoms with Crippen molar-refractivity contribution in [1.82, 2.24) is 19.5 Å². The summed E-state index contributed by atoms with van der Waals surface area (Å²) in [6.07, 6.45) is -5.42. The third-order valence-electron chi connectivity index (χ3n) is 4.71. The largest absolute Gasteiger partial charge is 0.471 e. The minimum Gasteiger partial charge on any atom is -0.347 e. The van der Waals surface area contributed by atoms with Crippen LogP contribution in [0.5, 0.6) is 0 Å². The molecule has 1 aliphatic heterocycles. The van der Waals surface area contributed by atoms with Gasteiger partial charge >= 0.3 is 12.1 Å². The fourth-order valence-corrected chi connectivity index (χ4v) is 3.60. The zero-order valence-corrected chi connectivity index (χ0v) is 16.2. The SMILES string of the molecule is CC(C)c1c(C#N)c(Cl)c2cnc(N[C@@H]3CCN(C(=O)C(F)(F)F)C[C@H]3F)nn12. The predicted octanol–water partition coefficient (Wildman–Crippen LogP) is 3.29. The number of rotatable bonds is 3. The van der Waals surface area contributed by atoms with Gasteiger partial charge in [0, 0.05) is 6.54 Å². The van der Waals surface area contributed by atoms with E-state index in [1.165, 1.54) is 10.7 Å². The summed E-state index contributed by atoms with van der Waals surface area (Å²) in [5, 5.41) is 16.6. The molecule has 2 aromatic rings. The van der Waals surface area contributed by atoms with Gasteiger partial charge in [-0.25, -0.2) is 13.9 Å². The Morgan fingerprint density at radius 3 is 2.69 bits per heavy atom. The molecule has 0 unspecified atom stereocenters. The van der Waals surface area contributed by atoms with Crippen molar-refractivity contribution in [1.29, 1.82) is 5.26 Å². The lowest BCUT2D eigenvalue weighted by atomic mass is 10.0. The van der Waals surface area contributed by atoms with Crippen molar-refractivity contribution in [3.8, 4) is 6.07 Å². The van der Waals surface area contributed by atoms with Gasteiger partial charge in [-0.2, -0.15) is 18.4 Å². The lowest BCUT2D eigenvalue weighted by Crippen LogP contribution is -2.53. The summed E-state index contributed by atoms with van der Waals surface area (Å²) in [4.78, 5) is 15.8. The highest BCUT2D eigenvalue weighted by Gasteiger charge is 2.45. The van der Waals surface area contributed by atoms with Crippen LogP contribution in [0.1, 0.15) is 37.4 Å². The highest BCUT2D eigenvalue weighted by atomic mass is 35.5. The van der Waals surface area contributed by atoms with E-state index in [-0.39, 0.29) is 35.4 Å². The van der Waals surface area contributed by atoms with E-state index in [9.17, 15) is 27.6 Å². The Morgan fingerprint density at radius 1 is 1.45 bits per heavy atom. The van der Waals surface area contributed by atoms with Crippen LogP contribution < -0.4 is 5.32 Å². The van der Waals surface area contributed by atoms with Crippen molar-refractivity contribution in [2.75, 3.05) is 18.4 Å². The van der Waals surface area contributed by atoms with Gasteiger partial charge in [-0.3, -0.25) is 4.79 Å². The van der Waals surface area contributed by atoms with Crippen molar-refractivity contribution in [3.63, 3.8) is 0 Å². The number of fused-ring (bicyclic) bond motifs is 1. The van der Waals surface area contributed by atoms with Gasteiger partial charge < -0.3 is 10.2 Å². The molecule has 0 spiro atoms. The molecule has 12 heteroatoms. The highest BCUT2D eigenvalue weighted by Crippen LogP contribution is 2.32. The molecular formula is C17H17ClF4N6O. The second-order valence-electron chi connectivity index (χ2n) is 7.02. The zero-order valence-electron chi connectivity index (χ0n) is 15.5. The Labute approximate surface area is 168 Å². The Balaban J connectivity index is 1.82. The van der Waals surface area contributed by atoms with Crippen LogP contribution in [0.3, 0.4) is 0 Å². The van der Waals surface area contributed by atoms with Gasteiger partial charge in [-0.1, -0.05) is 25.4 Å². The minimum absolute atomic E-state index is 0.0406. The third-order valence-corrected chi connectivity index (χ3v) is 5.09. The average molecular weight is 433 g/mol. The van der Waals surface area contributed by atoms with Gasteiger partial charge in [-0.15, -0.1) is 5.10 Å². The fourth-order valence-electron chi connectivity index (χ4n) is 3.33. The number of nitrogens with zero attached hydrogens (tertiary/aromatic N) is 5. The van der Waals surface area contributed by atoms with Gasteiger partial charge in [0.15, 0.2) is 0 Å². The normalized spacial score (nSPS) is 20.2. The van der Waals surface area contributed by atoms with Crippen LogP contribution in [-0.4, -0.2) is 56.9 Å². The molecule has 7 nitrogen and oxygen atoms in total. The van der Waals surface area contributed by atoms with E-state index in [0.717, 1.165) is 0 Å². The number of halogens is 5. The molecule has 1 saturated heterocycles. The molecule has 1 amide bonds. The lowest BCUT2D eigenvalue weighted by molar-refractivity contribution is -0.187. The molecule has 2 atom stereocenters. The number of nitrogens with one attached hydrogen (secondary N) is 1. The van der Waals surface area contributed by atoms with Crippen molar-refractivity contribution >= 4 is 29.0 Å². The van der Waals surface area contributed by atoms with Crippen molar-refractivity contribution in [2.24, 2.45) is 0 Å². The number of aromatic nitrogens is 3. The van der Waals surface area contributed by atoms with Gasteiger partial charge in [0.25, 0.3) is 0 Å². The summed E-state index contributed by atoms with van der Waals surface area (Å²) >= 11 is 6.22. The first-order valence-corrected chi connectivity index (χ1v) is 9.16. The van der Waals surface area contributed by atoms with E-state index >= 15 is 0 Å². The quantitative estimate of drug-likeness (QED) is 0.752. The second kappa shape index (κ2) is 7.67. The maximum absolute atomic E-state index is 14.4. The number of hydrogen-bond acceptors (Lipinski definition) is 5. The third kappa shape index (κ3) is 3.94. The molecule has 29 heavy (non-hydrogen) atoms. The molecule has 1 fully saturated rings. The van der Waals surface area contributed by atoms with E-state index < -0.39 is 30.8 Å². The van der Waals surface area contributed by atoms with Crippen LogP contribution in [0.4, 0.5) is 23.5 Å². The van der Waals surface area contributed by atoms with Crippen molar-refractivity contribution in [3.05, 3.63) is 22.5 Å². The van der Waals surface area contributed by atoms with Crippen LogP contribution >= 0.6 is 11.6 Å². The first-order valence-electron chi connectivity index (χ1n) is 8.78. The van der Waals surface area contributed by atoms with Crippen LogP contribution in [0.2, 0.25) is 5.02 Å². The number of carbonyl (C=O) groups is 1. The highest BCUT2D eigenvalue weighted by molar-refractivity contribution is 6.35. The molecule has 0 saturated carbocycles. The van der Waals surface area contributed by atoms with Gasteiger partial charge in [0.1, 0.15) is 17.8 Å². The van der Waals surface area contributed by atoms with Crippen LogP contribution in [-0.2, 0) is 4.79 Å². The molecular weight excluding hydrogens is 416 g/mol. The van der Waals surface area contributed by atoms with Crippen molar-refractivity contribution < 1.29 is 22.4 Å². The molecule has 1 N–H and O–H groups in total. The molecule has 0 radical (unpaired) electrons. The van der Waals surface area contributed by atoms with Crippen LogP contribution in [0.15, 0.2) is 6.20 Å². The Hall–Kier alpha value is -2.61. The summed E-state index contributed by atoms with van der Waals surface area (Å²) in [6, 6.07) is 1.17. The molecule has 0 aliphatic carbocycles. The molecule has 156 valence electrons.